The van der Waals surface area contributed by atoms with Gasteiger partial charge in [0.2, 0.25) is 0 Å². The molecule has 0 spiro atoms. The Kier molecular flexibility index (Phi) is 6.24. The molecule has 0 radical (unpaired) electrons. The Bertz CT molecular complexity index is 983. The molecule has 2 N–H and O–H groups in total. The van der Waals surface area contributed by atoms with Crippen molar-refractivity contribution in [1.82, 2.24) is 5.32 Å². The van der Waals surface area contributed by atoms with Gasteiger partial charge in [-0.2, -0.15) is 0 Å². The van der Waals surface area contributed by atoms with Gasteiger partial charge in [-0.1, -0.05) is 36.4 Å². The second-order valence-corrected chi connectivity index (χ2v) is 6.54. The third kappa shape index (κ3) is 5.42. The van der Waals surface area contributed by atoms with Crippen molar-refractivity contribution in [3.63, 3.8) is 0 Å². The van der Waals surface area contributed by atoms with Gasteiger partial charge in [-0.25, -0.2) is 9.18 Å². The molecule has 0 aliphatic rings. The summed E-state index contributed by atoms with van der Waals surface area (Å²) >= 11 is 0. The van der Waals surface area contributed by atoms with Gasteiger partial charge in [-0.05, 0) is 60.0 Å². The fourth-order valence-corrected chi connectivity index (χ4v) is 2.79. The molecular weight excluding hydrogens is 373 g/mol. The topological polar surface area (TPSA) is 75.6 Å². The Morgan fingerprint density at radius 2 is 1.48 bits per heavy atom. The van der Waals surface area contributed by atoms with Crippen LogP contribution in [0.15, 0.2) is 72.8 Å². The maximum Gasteiger partial charge on any atom is 0.338 e. The van der Waals surface area contributed by atoms with Gasteiger partial charge in [0.15, 0.2) is 6.61 Å². The Morgan fingerprint density at radius 1 is 0.931 bits per heavy atom. The van der Waals surface area contributed by atoms with E-state index in [9.17, 15) is 19.1 Å². The summed E-state index contributed by atoms with van der Waals surface area (Å²) in [6.45, 7) is 1.35. The van der Waals surface area contributed by atoms with Crippen LogP contribution < -0.4 is 5.32 Å². The molecule has 0 saturated carbocycles. The van der Waals surface area contributed by atoms with E-state index in [1.165, 1.54) is 12.1 Å². The van der Waals surface area contributed by atoms with Crippen LogP contribution in [0.5, 0.6) is 5.75 Å². The fraction of sp³-hybridized carbons (Fsp3) is 0.130. The summed E-state index contributed by atoms with van der Waals surface area (Å²) in [5.41, 5.74) is 2.85. The molecule has 0 bridgehead atoms. The first-order valence-corrected chi connectivity index (χ1v) is 9.04. The van der Waals surface area contributed by atoms with E-state index in [2.05, 4.69) is 5.32 Å². The molecule has 3 aromatic carbocycles. The molecule has 29 heavy (non-hydrogen) atoms. The van der Waals surface area contributed by atoms with Crippen LogP contribution in [0.1, 0.15) is 28.9 Å². The van der Waals surface area contributed by atoms with Gasteiger partial charge in [0, 0.05) is 0 Å². The molecule has 148 valence electrons. The molecule has 3 rings (SSSR count). The molecule has 0 aliphatic heterocycles. The Morgan fingerprint density at radius 3 is 2.07 bits per heavy atom. The van der Waals surface area contributed by atoms with Gasteiger partial charge in [0.25, 0.3) is 5.91 Å². The number of phenolic OH excluding ortho intramolecular Hbond substituents is 1. The SMILES string of the molecule is C[C@@H](NC(=O)COC(=O)c1ccc(-c2ccc(O)cc2)cc1)c1ccc(F)cc1. The summed E-state index contributed by atoms with van der Waals surface area (Å²) in [5, 5.41) is 12.0. The van der Waals surface area contributed by atoms with Gasteiger partial charge in [0.1, 0.15) is 11.6 Å². The molecule has 0 heterocycles. The van der Waals surface area contributed by atoms with Crippen molar-refractivity contribution >= 4 is 11.9 Å². The highest BCUT2D eigenvalue weighted by atomic mass is 19.1. The molecule has 6 heteroatoms. The molecule has 0 saturated heterocycles. The van der Waals surface area contributed by atoms with Gasteiger partial charge < -0.3 is 15.2 Å². The number of phenols is 1. The largest absolute Gasteiger partial charge is 0.508 e. The number of benzene rings is 3. The van der Waals surface area contributed by atoms with Crippen LogP contribution in [-0.4, -0.2) is 23.6 Å². The number of esters is 1. The zero-order valence-corrected chi connectivity index (χ0v) is 15.8. The highest BCUT2D eigenvalue weighted by Gasteiger charge is 2.13. The van der Waals surface area contributed by atoms with Crippen molar-refractivity contribution in [3.8, 4) is 16.9 Å². The van der Waals surface area contributed by atoms with Crippen LogP contribution in [0.3, 0.4) is 0 Å². The number of halogens is 1. The minimum Gasteiger partial charge on any atom is -0.508 e. The number of ether oxygens (including phenoxy) is 1. The second kappa shape index (κ2) is 9.01. The van der Waals surface area contributed by atoms with E-state index >= 15 is 0 Å². The predicted octanol–water partition coefficient (Wildman–Crippen LogP) is 4.23. The van der Waals surface area contributed by atoms with Gasteiger partial charge in [0.05, 0.1) is 11.6 Å². The third-order valence-electron chi connectivity index (χ3n) is 4.40. The number of aromatic hydroxyl groups is 1. The number of hydrogen-bond acceptors (Lipinski definition) is 4. The van der Waals surface area contributed by atoms with Crippen molar-refractivity contribution in [3.05, 3.63) is 89.7 Å². The number of carbonyl (C=O) groups is 2. The zero-order chi connectivity index (χ0) is 20.8. The lowest BCUT2D eigenvalue weighted by Crippen LogP contribution is -2.31. The lowest BCUT2D eigenvalue weighted by atomic mass is 10.0. The van der Waals surface area contributed by atoms with Crippen LogP contribution >= 0.6 is 0 Å². The van der Waals surface area contributed by atoms with Crippen LogP contribution in [0.25, 0.3) is 11.1 Å². The molecule has 1 amide bonds. The summed E-state index contributed by atoms with van der Waals surface area (Å²) in [4.78, 5) is 24.2. The minimum atomic E-state index is -0.605. The number of rotatable bonds is 6. The Labute approximate surface area is 167 Å². The van der Waals surface area contributed by atoms with E-state index in [1.807, 2.05) is 0 Å². The summed E-state index contributed by atoms with van der Waals surface area (Å²) in [6.07, 6.45) is 0. The van der Waals surface area contributed by atoms with Gasteiger partial charge >= 0.3 is 5.97 Å². The lowest BCUT2D eigenvalue weighted by Gasteiger charge is -2.14. The average molecular weight is 393 g/mol. The molecular formula is C23H20FNO4. The number of nitrogens with one attached hydrogen (secondary N) is 1. The first kappa shape index (κ1) is 20.1. The van der Waals surface area contributed by atoms with Crippen molar-refractivity contribution < 1.29 is 23.8 Å². The zero-order valence-electron chi connectivity index (χ0n) is 15.8. The van der Waals surface area contributed by atoms with E-state index in [0.717, 1.165) is 16.7 Å². The Hall–Kier alpha value is -3.67. The van der Waals surface area contributed by atoms with Crippen LogP contribution in [0, 0.1) is 5.82 Å². The number of hydrogen-bond donors (Lipinski definition) is 2. The van der Waals surface area contributed by atoms with E-state index in [1.54, 1.807) is 67.6 Å². The first-order chi connectivity index (χ1) is 13.9. The molecule has 0 fully saturated rings. The highest BCUT2D eigenvalue weighted by molar-refractivity contribution is 5.92. The first-order valence-electron chi connectivity index (χ1n) is 9.04. The van der Waals surface area contributed by atoms with E-state index < -0.39 is 18.5 Å². The second-order valence-electron chi connectivity index (χ2n) is 6.54. The molecule has 0 aliphatic carbocycles. The normalized spacial score (nSPS) is 11.5. The van der Waals surface area contributed by atoms with E-state index in [4.69, 9.17) is 4.74 Å². The Balaban J connectivity index is 1.52. The summed E-state index contributed by atoms with van der Waals surface area (Å²) < 4.78 is 18.0. The predicted molar refractivity (Wildman–Crippen MR) is 107 cm³/mol. The lowest BCUT2D eigenvalue weighted by molar-refractivity contribution is -0.124. The van der Waals surface area contributed by atoms with Gasteiger partial charge in [-0.3, -0.25) is 4.79 Å². The standard InChI is InChI=1S/C23H20FNO4/c1-15(16-6-10-20(24)11-7-16)25-22(27)14-29-23(28)19-4-2-17(3-5-19)18-8-12-21(26)13-9-18/h2-13,15,26H,14H2,1H3,(H,25,27)/t15-/m1/s1. The third-order valence-corrected chi connectivity index (χ3v) is 4.40. The number of amides is 1. The smallest absolute Gasteiger partial charge is 0.338 e. The molecule has 0 unspecified atom stereocenters. The van der Waals surface area contributed by atoms with E-state index in [0.29, 0.717) is 5.56 Å². The van der Waals surface area contributed by atoms with E-state index in [-0.39, 0.29) is 17.6 Å². The number of carbonyl (C=O) groups excluding carboxylic acids is 2. The minimum absolute atomic E-state index is 0.181. The van der Waals surface area contributed by atoms with Gasteiger partial charge in [-0.15, -0.1) is 0 Å². The summed E-state index contributed by atoms with van der Waals surface area (Å²) in [7, 11) is 0. The van der Waals surface area contributed by atoms with Crippen LogP contribution in [0.2, 0.25) is 0 Å². The van der Waals surface area contributed by atoms with Crippen LogP contribution in [-0.2, 0) is 9.53 Å². The van der Waals surface area contributed by atoms with Crippen molar-refractivity contribution in [2.75, 3.05) is 6.61 Å². The quantitative estimate of drug-likeness (QED) is 0.615. The van der Waals surface area contributed by atoms with Crippen molar-refractivity contribution in [2.24, 2.45) is 0 Å². The average Bonchev–Trinajstić information content (AvgIpc) is 2.73. The molecule has 0 aromatic heterocycles. The summed E-state index contributed by atoms with van der Waals surface area (Å²) in [5.74, 6) is -1.22. The van der Waals surface area contributed by atoms with Crippen molar-refractivity contribution in [1.29, 1.82) is 0 Å². The molecule has 5 nitrogen and oxygen atoms in total. The van der Waals surface area contributed by atoms with Crippen molar-refractivity contribution in [2.45, 2.75) is 13.0 Å². The fourth-order valence-electron chi connectivity index (χ4n) is 2.79. The molecule has 1 atom stereocenters. The maximum atomic E-state index is 13.0. The maximum absolute atomic E-state index is 13.0. The highest BCUT2D eigenvalue weighted by Crippen LogP contribution is 2.22. The monoisotopic (exact) mass is 393 g/mol. The van der Waals surface area contributed by atoms with Crippen LogP contribution in [0.4, 0.5) is 4.39 Å². The summed E-state index contributed by atoms with van der Waals surface area (Å²) in [6, 6.07) is 18.9. The molecule has 3 aromatic rings.